The molecule has 0 spiro atoms. The first-order chi connectivity index (χ1) is 11.8. The third kappa shape index (κ3) is 4.35. The van der Waals surface area contributed by atoms with Crippen LogP contribution in [0.3, 0.4) is 0 Å². The van der Waals surface area contributed by atoms with Gasteiger partial charge in [-0.05, 0) is 35.6 Å². The molecule has 0 saturated heterocycles. The van der Waals surface area contributed by atoms with E-state index in [9.17, 15) is 22.5 Å². The fourth-order valence-corrected chi connectivity index (χ4v) is 3.85. The highest BCUT2D eigenvalue weighted by molar-refractivity contribution is 7.85. The van der Waals surface area contributed by atoms with Gasteiger partial charge in [-0.25, -0.2) is 0 Å². The van der Waals surface area contributed by atoms with Crippen LogP contribution in [-0.4, -0.2) is 21.2 Å². The molecular weight excluding hydrogens is 361 g/mol. The molecule has 0 bridgehead atoms. The maximum atomic E-state index is 13.7. The largest absolute Gasteiger partial charge is 0.422 e. The molecule has 1 N–H and O–H groups in total. The number of aryl methyl sites for hydroxylation is 1. The predicted molar refractivity (Wildman–Crippen MR) is 97.5 cm³/mol. The molecule has 2 unspecified atom stereocenters. The molecule has 0 fully saturated rings. The van der Waals surface area contributed by atoms with E-state index in [2.05, 4.69) is 0 Å². The van der Waals surface area contributed by atoms with Crippen LogP contribution < -0.4 is 0 Å². The first-order valence-corrected chi connectivity index (χ1v) is 9.52. The van der Waals surface area contributed by atoms with Gasteiger partial charge in [0.25, 0.3) is 0 Å². The van der Waals surface area contributed by atoms with Gasteiger partial charge >= 0.3 is 6.18 Å². The minimum Gasteiger partial charge on any atom is -0.376 e. The van der Waals surface area contributed by atoms with Gasteiger partial charge in [-0.1, -0.05) is 62.7 Å². The molecule has 0 aliphatic heterocycles. The summed E-state index contributed by atoms with van der Waals surface area (Å²) in [6.45, 7) is 7.68. The van der Waals surface area contributed by atoms with Crippen molar-refractivity contribution in [1.29, 1.82) is 0 Å². The van der Waals surface area contributed by atoms with E-state index in [-0.39, 0.29) is 15.9 Å². The summed E-state index contributed by atoms with van der Waals surface area (Å²) >= 11 is 0. The third-order valence-electron chi connectivity index (χ3n) is 4.32. The fourth-order valence-electron chi connectivity index (χ4n) is 2.54. The lowest BCUT2D eigenvalue weighted by molar-refractivity contribution is -0.256. The van der Waals surface area contributed by atoms with Gasteiger partial charge in [0, 0.05) is 4.90 Å². The lowest BCUT2D eigenvalue weighted by atomic mass is 9.85. The van der Waals surface area contributed by atoms with Crippen LogP contribution in [0.4, 0.5) is 13.2 Å². The second kappa shape index (κ2) is 7.16. The molecular formula is C20H23F3O2S. The van der Waals surface area contributed by atoms with Crippen molar-refractivity contribution in [2.24, 2.45) is 0 Å². The first kappa shape index (κ1) is 20.6. The summed E-state index contributed by atoms with van der Waals surface area (Å²) in [5.41, 5.74) is -1.95. The van der Waals surface area contributed by atoms with E-state index >= 15 is 0 Å². The monoisotopic (exact) mass is 384 g/mol. The van der Waals surface area contributed by atoms with E-state index in [1.165, 1.54) is 24.3 Å². The molecule has 0 saturated carbocycles. The number of hydrogen-bond donors (Lipinski definition) is 1. The lowest BCUT2D eigenvalue weighted by Crippen LogP contribution is -2.46. The molecule has 2 rings (SSSR count). The normalized spacial score (nSPS) is 16.2. The highest BCUT2D eigenvalue weighted by Gasteiger charge is 2.56. The number of hydrogen-bond acceptors (Lipinski definition) is 2. The minimum atomic E-state index is -4.95. The SMILES string of the molecule is Cc1ccc(S(=O)CC(O)(c2ccc(C(C)(C)C)cc2)C(F)(F)F)cc1. The second-order valence-corrected chi connectivity index (χ2v) is 8.94. The summed E-state index contributed by atoms with van der Waals surface area (Å²) < 4.78 is 53.5. The molecule has 26 heavy (non-hydrogen) atoms. The van der Waals surface area contributed by atoms with Crippen molar-refractivity contribution in [3.8, 4) is 0 Å². The average molecular weight is 384 g/mol. The molecule has 2 atom stereocenters. The van der Waals surface area contributed by atoms with E-state index in [4.69, 9.17) is 0 Å². The second-order valence-electron chi connectivity index (χ2n) is 7.49. The molecule has 6 heteroatoms. The molecule has 0 radical (unpaired) electrons. The van der Waals surface area contributed by atoms with Crippen LogP contribution >= 0.6 is 0 Å². The van der Waals surface area contributed by atoms with Gasteiger partial charge in [0.1, 0.15) is 0 Å². The van der Waals surface area contributed by atoms with Crippen molar-refractivity contribution in [2.45, 2.75) is 49.8 Å². The van der Waals surface area contributed by atoms with Gasteiger partial charge in [0.15, 0.2) is 5.60 Å². The van der Waals surface area contributed by atoms with E-state index in [1.54, 1.807) is 24.3 Å². The predicted octanol–water partition coefficient (Wildman–Crippen LogP) is 4.85. The molecule has 0 aromatic heterocycles. The van der Waals surface area contributed by atoms with Gasteiger partial charge < -0.3 is 5.11 Å². The van der Waals surface area contributed by atoms with E-state index in [1.807, 2.05) is 27.7 Å². The standard InChI is InChI=1S/C20H23F3O2S/c1-14-5-11-17(12-6-14)26(25)13-19(24,20(21,22)23)16-9-7-15(8-10-16)18(2,3)4/h5-12,24H,13H2,1-4H3. The zero-order valence-electron chi connectivity index (χ0n) is 15.2. The van der Waals surface area contributed by atoms with Gasteiger partial charge in [-0.15, -0.1) is 0 Å². The molecule has 2 aromatic rings. The summed E-state index contributed by atoms with van der Waals surface area (Å²) in [5, 5.41) is 10.5. The molecule has 2 nitrogen and oxygen atoms in total. The van der Waals surface area contributed by atoms with E-state index in [0.29, 0.717) is 0 Å². The molecule has 0 amide bonds. The minimum absolute atomic E-state index is 0.223. The van der Waals surface area contributed by atoms with Gasteiger partial charge in [-0.3, -0.25) is 4.21 Å². The Morgan fingerprint density at radius 3 is 1.77 bits per heavy atom. The van der Waals surface area contributed by atoms with Gasteiger partial charge in [-0.2, -0.15) is 13.2 Å². The van der Waals surface area contributed by atoms with E-state index in [0.717, 1.165) is 11.1 Å². The summed E-state index contributed by atoms with van der Waals surface area (Å²) in [4.78, 5) is 0.254. The van der Waals surface area contributed by atoms with Crippen LogP contribution in [0.2, 0.25) is 0 Å². The first-order valence-electron chi connectivity index (χ1n) is 8.20. The Morgan fingerprint density at radius 2 is 1.35 bits per heavy atom. The third-order valence-corrected chi connectivity index (χ3v) is 5.80. The zero-order valence-corrected chi connectivity index (χ0v) is 16.0. The smallest absolute Gasteiger partial charge is 0.376 e. The van der Waals surface area contributed by atoms with Crippen molar-refractivity contribution in [2.75, 3.05) is 5.75 Å². The Morgan fingerprint density at radius 1 is 0.885 bits per heavy atom. The number of aliphatic hydroxyl groups is 1. The molecule has 0 aliphatic rings. The lowest BCUT2D eigenvalue weighted by Gasteiger charge is -2.31. The maximum Gasteiger partial charge on any atom is 0.422 e. The Hall–Kier alpha value is -1.66. The number of rotatable bonds is 4. The molecule has 2 aromatic carbocycles. The Balaban J connectivity index is 2.39. The summed E-state index contributed by atoms with van der Waals surface area (Å²) in [5.74, 6) is -0.950. The van der Waals surface area contributed by atoms with Crippen molar-refractivity contribution >= 4 is 10.8 Å². The zero-order chi connectivity index (χ0) is 19.8. The number of halogens is 3. The topological polar surface area (TPSA) is 37.3 Å². The van der Waals surface area contributed by atoms with Crippen molar-refractivity contribution in [3.63, 3.8) is 0 Å². The number of alkyl halides is 3. The van der Waals surface area contributed by atoms with Gasteiger partial charge in [0.05, 0.1) is 16.6 Å². The van der Waals surface area contributed by atoms with Crippen LogP contribution in [0.15, 0.2) is 53.4 Å². The molecule has 142 valence electrons. The van der Waals surface area contributed by atoms with Crippen molar-refractivity contribution < 1.29 is 22.5 Å². The Labute approximate surface area is 154 Å². The Bertz CT molecular complexity index is 775. The van der Waals surface area contributed by atoms with Crippen molar-refractivity contribution in [1.82, 2.24) is 0 Å². The highest BCUT2D eigenvalue weighted by Crippen LogP contribution is 2.41. The van der Waals surface area contributed by atoms with Gasteiger partial charge in [0.2, 0.25) is 0 Å². The molecule has 0 heterocycles. The summed E-state index contributed by atoms with van der Waals surface area (Å²) in [6.07, 6.45) is -4.95. The van der Waals surface area contributed by atoms with Crippen LogP contribution in [-0.2, 0) is 21.8 Å². The average Bonchev–Trinajstić information content (AvgIpc) is 2.53. The summed E-state index contributed by atoms with van der Waals surface area (Å²) in [7, 11) is -2.00. The summed E-state index contributed by atoms with van der Waals surface area (Å²) in [6, 6.07) is 12.1. The van der Waals surface area contributed by atoms with Crippen LogP contribution in [0.25, 0.3) is 0 Å². The van der Waals surface area contributed by atoms with Crippen LogP contribution in [0, 0.1) is 6.92 Å². The quantitative estimate of drug-likeness (QED) is 0.818. The number of benzene rings is 2. The van der Waals surface area contributed by atoms with Crippen LogP contribution in [0.1, 0.15) is 37.5 Å². The molecule has 0 aliphatic carbocycles. The van der Waals surface area contributed by atoms with E-state index < -0.39 is 28.3 Å². The van der Waals surface area contributed by atoms with Crippen molar-refractivity contribution in [3.05, 3.63) is 65.2 Å². The Kier molecular flexibility index (Phi) is 5.69. The van der Waals surface area contributed by atoms with Crippen LogP contribution in [0.5, 0.6) is 0 Å². The maximum absolute atomic E-state index is 13.7. The fraction of sp³-hybridized carbons (Fsp3) is 0.400. The highest BCUT2D eigenvalue weighted by atomic mass is 32.2.